The predicted molar refractivity (Wildman–Crippen MR) is 79.1 cm³/mol. The van der Waals surface area contributed by atoms with E-state index in [1.807, 2.05) is 6.07 Å². The number of nitrogens with one attached hydrogen (secondary N) is 1. The molecule has 2 fully saturated rings. The van der Waals surface area contributed by atoms with Crippen LogP contribution in [0.3, 0.4) is 0 Å². The highest BCUT2D eigenvalue weighted by Gasteiger charge is 2.30. The van der Waals surface area contributed by atoms with Crippen molar-refractivity contribution in [2.75, 3.05) is 6.54 Å². The first-order valence-corrected chi connectivity index (χ1v) is 7.76. The van der Waals surface area contributed by atoms with Crippen LogP contribution >= 0.6 is 0 Å². The Morgan fingerprint density at radius 3 is 2.82 bits per heavy atom. The zero-order valence-corrected chi connectivity index (χ0v) is 12.2. The van der Waals surface area contributed by atoms with Crippen LogP contribution in [0.25, 0.3) is 5.65 Å². The Hall–Kier alpha value is -2.31. The van der Waals surface area contributed by atoms with Crippen molar-refractivity contribution in [1.82, 2.24) is 19.5 Å². The molecule has 4 rings (SSSR count). The van der Waals surface area contributed by atoms with Crippen LogP contribution in [0, 0.1) is 0 Å². The van der Waals surface area contributed by atoms with Crippen molar-refractivity contribution in [3.05, 3.63) is 33.9 Å². The highest BCUT2D eigenvalue weighted by molar-refractivity contribution is 5.66. The Morgan fingerprint density at radius 1 is 1.27 bits per heavy atom. The average Bonchev–Trinajstić information content (AvgIpc) is 3.26. The minimum Gasteiger partial charge on any atom is -0.465 e. The van der Waals surface area contributed by atoms with Crippen LogP contribution in [0.4, 0.5) is 4.79 Å². The van der Waals surface area contributed by atoms with Crippen molar-refractivity contribution in [3.63, 3.8) is 0 Å². The minimum atomic E-state index is -0.924. The number of fused-ring (bicyclic) bond motifs is 1. The molecule has 0 bridgehead atoms. The maximum atomic E-state index is 12.2. The molecule has 1 atom stereocenters. The number of aromatic amines is 1. The Morgan fingerprint density at radius 2 is 2.09 bits per heavy atom. The average molecular weight is 302 g/mol. The van der Waals surface area contributed by atoms with Gasteiger partial charge in [0.05, 0.1) is 11.7 Å². The van der Waals surface area contributed by atoms with Crippen molar-refractivity contribution >= 4 is 11.7 Å². The van der Waals surface area contributed by atoms with E-state index >= 15 is 0 Å². The van der Waals surface area contributed by atoms with E-state index in [0.717, 1.165) is 37.8 Å². The quantitative estimate of drug-likeness (QED) is 0.889. The number of likely N-dealkylation sites (tertiary alicyclic amines) is 1. The summed E-state index contributed by atoms with van der Waals surface area (Å²) in [5.41, 5.74) is 2.12. The third-order valence-corrected chi connectivity index (χ3v) is 4.60. The van der Waals surface area contributed by atoms with E-state index in [9.17, 15) is 14.7 Å². The molecule has 2 aliphatic rings. The first-order valence-electron chi connectivity index (χ1n) is 7.76. The lowest BCUT2D eigenvalue weighted by Crippen LogP contribution is -2.37. The number of rotatable bonds is 2. The molecule has 7 nitrogen and oxygen atoms in total. The molecule has 22 heavy (non-hydrogen) atoms. The molecule has 1 aliphatic heterocycles. The highest BCUT2D eigenvalue weighted by Crippen LogP contribution is 2.38. The van der Waals surface area contributed by atoms with E-state index in [0.29, 0.717) is 23.8 Å². The number of carbonyl (C=O) groups is 1. The number of piperidine rings is 1. The Labute approximate surface area is 126 Å². The summed E-state index contributed by atoms with van der Waals surface area (Å²) in [6.07, 6.45) is 3.90. The molecule has 1 aliphatic carbocycles. The fraction of sp³-hybridized carbons (Fsp3) is 0.533. The first-order chi connectivity index (χ1) is 10.6. The third kappa shape index (κ3) is 2.17. The van der Waals surface area contributed by atoms with Crippen LogP contribution in [-0.4, -0.2) is 37.2 Å². The molecule has 116 valence electrons. The molecule has 2 aromatic heterocycles. The third-order valence-electron chi connectivity index (χ3n) is 4.60. The Bertz CT molecular complexity index is 790. The Kier molecular flexibility index (Phi) is 2.95. The molecule has 2 N–H and O–H groups in total. The van der Waals surface area contributed by atoms with Gasteiger partial charge in [0.15, 0.2) is 0 Å². The fourth-order valence-electron chi connectivity index (χ4n) is 3.28. The SMILES string of the molecule is O=C(O)N1CCCC[C@H]1c1cc2[nH]c(C3CC3)cc(=O)n2n1. The molecular formula is C15H18N4O3. The van der Waals surface area contributed by atoms with Gasteiger partial charge in [-0.2, -0.15) is 9.61 Å². The van der Waals surface area contributed by atoms with Crippen LogP contribution in [0.5, 0.6) is 0 Å². The fourth-order valence-corrected chi connectivity index (χ4v) is 3.28. The molecule has 0 aromatic carbocycles. The normalized spacial score (nSPS) is 22.2. The van der Waals surface area contributed by atoms with Crippen molar-refractivity contribution in [1.29, 1.82) is 0 Å². The summed E-state index contributed by atoms with van der Waals surface area (Å²) < 4.78 is 1.34. The summed E-state index contributed by atoms with van der Waals surface area (Å²) >= 11 is 0. The second kappa shape index (κ2) is 4.86. The highest BCUT2D eigenvalue weighted by atomic mass is 16.4. The molecule has 1 amide bonds. The standard InChI is InChI=1S/C15H18N4O3/c20-14-8-10(9-4-5-9)16-13-7-11(17-19(13)14)12-3-1-2-6-18(12)15(21)22/h7-9,12,16H,1-6H2,(H,21,22)/t12-/m0/s1. The number of amides is 1. The van der Waals surface area contributed by atoms with E-state index in [1.54, 1.807) is 6.07 Å². The molecule has 0 unspecified atom stereocenters. The van der Waals surface area contributed by atoms with Crippen LogP contribution in [0.2, 0.25) is 0 Å². The molecular weight excluding hydrogens is 284 g/mol. The largest absolute Gasteiger partial charge is 0.465 e. The maximum Gasteiger partial charge on any atom is 0.407 e. The van der Waals surface area contributed by atoms with E-state index in [-0.39, 0.29) is 11.6 Å². The van der Waals surface area contributed by atoms with Gasteiger partial charge >= 0.3 is 6.09 Å². The molecule has 3 heterocycles. The van der Waals surface area contributed by atoms with Gasteiger partial charge in [0.25, 0.3) is 5.56 Å². The smallest absolute Gasteiger partial charge is 0.407 e. The van der Waals surface area contributed by atoms with E-state index < -0.39 is 6.09 Å². The van der Waals surface area contributed by atoms with Gasteiger partial charge in [-0.1, -0.05) is 0 Å². The second-order valence-electron chi connectivity index (χ2n) is 6.19. The van der Waals surface area contributed by atoms with Gasteiger partial charge in [-0.3, -0.25) is 9.69 Å². The van der Waals surface area contributed by atoms with Gasteiger partial charge < -0.3 is 10.1 Å². The van der Waals surface area contributed by atoms with Gasteiger partial charge in [0.1, 0.15) is 5.65 Å². The summed E-state index contributed by atoms with van der Waals surface area (Å²) in [7, 11) is 0. The number of H-pyrrole nitrogens is 1. The molecule has 2 aromatic rings. The Balaban J connectivity index is 1.76. The van der Waals surface area contributed by atoms with E-state index in [2.05, 4.69) is 10.1 Å². The number of hydrogen-bond donors (Lipinski definition) is 2. The van der Waals surface area contributed by atoms with Crippen molar-refractivity contribution in [3.8, 4) is 0 Å². The van der Waals surface area contributed by atoms with Gasteiger partial charge in [0.2, 0.25) is 0 Å². The minimum absolute atomic E-state index is 0.153. The topological polar surface area (TPSA) is 90.7 Å². The number of carboxylic acid groups (broad SMARTS) is 1. The zero-order valence-electron chi connectivity index (χ0n) is 12.2. The molecule has 0 spiro atoms. The van der Waals surface area contributed by atoms with Gasteiger partial charge in [0, 0.05) is 24.4 Å². The van der Waals surface area contributed by atoms with Crippen LogP contribution < -0.4 is 5.56 Å². The zero-order chi connectivity index (χ0) is 15.3. The second-order valence-corrected chi connectivity index (χ2v) is 6.19. The first kappa shape index (κ1) is 13.4. The molecule has 0 radical (unpaired) electrons. The number of hydrogen-bond acceptors (Lipinski definition) is 3. The van der Waals surface area contributed by atoms with Crippen molar-refractivity contribution < 1.29 is 9.90 Å². The van der Waals surface area contributed by atoms with Crippen LogP contribution in [0.1, 0.15) is 55.5 Å². The molecule has 1 saturated heterocycles. The van der Waals surface area contributed by atoms with E-state index in [4.69, 9.17) is 0 Å². The number of aromatic nitrogens is 3. The lowest BCUT2D eigenvalue weighted by Gasteiger charge is -2.32. The summed E-state index contributed by atoms with van der Waals surface area (Å²) in [6.45, 7) is 0.523. The summed E-state index contributed by atoms with van der Waals surface area (Å²) in [6, 6.07) is 3.17. The van der Waals surface area contributed by atoms with E-state index in [1.165, 1.54) is 9.42 Å². The summed E-state index contributed by atoms with van der Waals surface area (Å²) in [5.74, 6) is 0.459. The van der Waals surface area contributed by atoms with Crippen LogP contribution in [-0.2, 0) is 0 Å². The maximum absolute atomic E-state index is 12.2. The monoisotopic (exact) mass is 302 g/mol. The van der Waals surface area contributed by atoms with Crippen molar-refractivity contribution in [2.24, 2.45) is 0 Å². The predicted octanol–water partition coefficient (Wildman–Crippen LogP) is 2.10. The summed E-state index contributed by atoms with van der Waals surface area (Å²) in [4.78, 5) is 28.3. The lowest BCUT2D eigenvalue weighted by molar-refractivity contribution is 0.105. The van der Waals surface area contributed by atoms with Crippen LogP contribution in [0.15, 0.2) is 16.9 Å². The van der Waals surface area contributed by atoms with Crippen molar-refractivity contribution in [2.45, 2.75) is 44.1 Å². The lowest BCUT2D eigenvalue weighted by atomic mass is 10.00. The summed E-state index contributed by atoms with van der Waals surface area (Å²) in [5, 5.41) is 13.7. The number of nitrogens with zero attached hydrogens (tertiary/aromatic N) is 3. The van der Waals surface area contributed by atoms with Gasteiger partial charge in [-0.25, -0.2) is 4.79 Å². The molecule has 7 heteroatoms. The van der Waals surface area contributed by atoms with Gasteiger partial charge in [-0.05, 0) is 38.0 Å². The van der Waals surface area contributed by atoms with Gasteiger partial charge in [-0.15, -0.1) is 0 Å². The molecule has 1 saturated carbocycles.